The van der Waals surface area contributed by atoms with Gasteiger partial charge in [-0.3, -0.25) is 0 Å². The van der Waals surface area contributed by atoms with Gasteiger partial charge in [-0.2, -0.15) is 0 Å². The fourth-order valence-corrected chi connectivity index (χ4v) is 3.15. The Bertz CT molecular complexity index is 1220. The van der Waals surface area contributed by atoms with Crippen LogP contribution in [0.4, 0.5) is 0 Å². The van der Waals surface area contributed by atoms with E-state index in [0.29, 0.717) is 11.8 Å². The second kappa shape index (κ2) is 9.52. The zero-order chi connectivity index (χ0) is 20.2. The van der Waals surface area contributed by atoms with E-state index in [1.54, 1.807) is 0 Å². The summed E-state index contributed by atoms with van der Waals surface area (Å²) in [5, 5.41) is 0. The van der Waals surface area contributed by atoms with Gasteiger partial charge in [-0.05, 0) is 48.5 Å². The first-order chi connectivity index (χ1) is 14.9. The maximum Gasteiger partial charge on any atom is 2.00 e. The van der Waals surface area contributed by atoms with Gasteiger partial charge in [-0.15, -0.1) is 0 Å². The zero-order valence-corrected chi connectivity index (χ0v) is 18.8. The molecule has 0 N–H and O–H groups in total. The molecule has 0 aliphatic heterocycles. The SMILES string of the molecule is [Ir+2].c1ccc(-c2nc3ccccc3o2)cc1.c1ccc(-c2nc3ccccc3o2)cc1. The zero-order valence-electron chi connectivity index (χ0n) is 16.4. The first kappa shape index (κ1) is 20.7. The Hall–Kier alpha value is -3.53. The van der Waals surface area contributed by atoms with E-state index in [4.69, 9.17) is 8.83 Å². The van der Waals surface area contributed by atoms with Gasteiger partial charge in [0.15, 0.2) is 11.2 Å². The molecule has 6 rings (SSSR count). The number of rotatable bonds is 2. The second-order valence-electron chi connectivity index (χ2n) is 6.71. The van der Waals surface area contributed by atoms with Crippen LogP contribution in [0.1, 0.15) is 0 Å². The molecule has 6 aromatic rings. The molecule has 2 aromatic heterocycles. The van der Waals surface area contributed by atoms with Crippen LogP contribution in [-0.2, 0) is 20.1 Å². The molecule has 0 spiro atoms. The number of hydrogen-bond donors (Lipinski definition) is 0. The van der Waals surface area contributed by atoms with Crippen LogP contribution < -0.4 is 0 Å². The average molecular weight is 583 g/mol. The van der Waals surface area contributed by atoms with Crippen molar-refractivity contribution in [3.05, 3.63) is 109 Å². The van der Waals surface area contributed by atoms with Crippen molar-refractivity contribution in [1.29, 1.82) is 0 Å². The number of aromatic nitrogens is 2. The summed E-state index contributed by atoms with van der Waals surface area (Å²) >= 11 is 0. The fraction of sp³-hybridized carbons (Fsp3) is 0. The Balaban J connectivity index is 0.000000144. The maximum absolute atomic E-state index is 5.64. The third-order valence-corrected chi connectivity index (χ3v) is 4.63. The minimum Gasteiger partial charge on any atom is -0.436 e. The Morgan fingerprint density at radius 2 is 0.774 bits per heavy atom. The molecule has 31 heavy (non-hydrogen) atoms. The molecule has 2 heterocycles. The largest absolute Gasteiger partial charge is 2.00 e. The van der Waals surface area contributed by atoms with Gasteiger partial charge in [0, 0.05) is 11.1 Å². The number of oxazole rings is 2. The molecular weight excluding hydrogens is 565 g/mol. The number of fused-ring (bicyclic) bond motifs is 2. The van der Waals surface area contributed by atoms with Crippen molar-refractivity contribution >= 4 is 22.2 Å². The molecule has 0 bridgehead atoms. The number of para-hydroxylation sites is 4. The predicted octanol–water partition coefficient (Wildman–Crippen LogP) is 6.99. The molecule has 0 aliphatic rings. The minimum atomic E-state index is 0. The van der Waals surface area contributed by atoms with Crippen LogP contribution >= 0.6 is 0 Å². The van der Waals surface area contributed by atoms with E-state index in [0.717, 1.165) is 33.3 Å². The summed E-state index contributed by atoms with van der Waals surface area (Å²) in [7, 11) is 0. The summed E-state index contributed by atoms with van der Waals surface area (Å²) in [6.45, 7) is 0. The monoisotopic (exact) mass is 583 g/mol. The van der Waals surface area contributed by atoms with Crippen LogP contribution in [0.3, 0.4) is 0 Å². The summed E-state index contributed by atoms with van der Waals surface area (Å²) in [4.78, 5) is 8.83. The van der Waals surface area contributed by atoms with Crippen LogP contribution in [0.5, 0.6) is 0 Å². The standard InChI is InChI=1S/2C13H9NO.Ir/c2*1-2-6-10(7-3-1)13-14-11-8-4-5-9-12(11)15-13;/h2*1-9H;/q;;+2. The van der Waals surface area contributed by atoms with Gasteiger partial charge in [0.2, 0.25) is 11.8 Å². The van der Waals surface area contributed by atoms with Crippen molar-refractivity contribution in [1.82, 2.24) is 9.97 Å². The molecule has 0 aliphatic carbocycles. The normalized spacial score (nSPS) is 10.3. The van der Waals surface area contributed by atoms with Crippen molar-refractivity contribution in [3.63, 3.8) is 0 Å². The quantitative estimate of drug-likeness (QED) is 0.221. The Kier molecular flexibility index (Phi) is 6.37. The smallest absolute Gasteiger partial charge is 0.436 e. The molecule has 0 saturated carbocycles. The Labute approximate surface area is 192 Å². The fourth-order valence-electron chi connectivity index (χ4n) is 3.15. The number of nitrogens with zero attached hydrogens (tertiary/aromatic N) is 2. The summed E-state index contributed by atoms with van der Waals surface area (Å²) in [5.41, 5.74) is 5.47. The number of benzene rings is 4. The molecule has 0 atom stereocenters. The summed E-state index contributed by atoms with van der Waals surface area (Å²) in [6, 6.07) is 35.4. The molecule has 0 unspecified atom stereocenters. The van der Waals surface area contributed by atoms with Crippen molar-refractivity contribution < 1.29 is 28.9 Å². The summed E-state index contributed by atoms with van der Waals surface area (Å²) in [6.07, 6.45) is 0. The van der Waals surface area contributed by atoms with Crippen molar-refractivity contribution in [3.8, 4) is 22.9 Å². The van der Waals surface area contributed by atoms with E-state index in [1.807, 2.05) is 109 Å². The van der Waals surface area contributed by atoms with Gasteiger partial charge >= 0.3 is 20.1 Å². The van der Waals surface area contributed by atoms with Crippen LogP contribution in [0.25, 0.3) is 45.1 Å². The van der Waals surface area contributed by atoms with Crippen molar-refractivity contribution in [2.24, 2.45) is 0 Å². The Morgan fingerprint density at radius 1 is 0.419 bits per heavy atom. The Morgan fingerprint density at radius 3 is 1.16 bits per heavy atom. The average Bonchev–Trinajstić information content (AvgIpc) is 3.45. The molecule has 4 aromatic carbocycles. The third-order valence-electron chi connectivity index (χ3n) is 4.63. The van der Waals surface area contributed by atoms with Crippen LogP contribution in [0, 0.1) is 0 Å². The molecule has 4 nitrogen and oxygen atoms in total. The molecular formula is C26H18IrN2O2+2. The molecule has 1 radical (unpaired) electrons. The van der Waals surface area contributed by atoms with Gasteiger partial charge in [0.05, 0.1) is 0 Å². The summed E-state index contributed by atoms with van der Waals surface area (Å²) in [5.74, 6) is 1.36. The van der Waals surface area contributed by atoms with E-state index in [-0.39, 0.29) is 20.1 Å². The first-order valence-corrected chi connectivity index (χ1v) is 9.69. The molecule has 0 saturated heterocycles. The van der Waals surface area contributed by atoms with Gasteiger partial charge in [0.1, 0.15) is 11.0 Å². The van der Waals surface area contributed by atoms with Gasteiger partial charge in [0.25, 0.3) is 0 Å². The van der Waals surface area contributed by atoms with E-state index in [1.165, 1.54) is 0 Å². The molecule has 5 heteroatoms. The molecule has 0 amide bonds. The maximum atomic E-state index is 5.64. The van der Waals surface area contributed by atoms with Crippen LogP contribution in [0.2, 0.25) is 0 Å². The van der Waals surface area contributed by atoms with E-state index in [9.17, 15) is 0 Å². The van der Waals surface area contributed by atoms with E-state index >= 15 is 0 Å². The first-order valence-electron chi connectivity index (χ1n) is 9.69. The predicted molar refractivity (Wildman–Crippen MR) is 119 cm³/mol. The van der Waals surface area contributed by atoms with Crippen LogP contribution in [0.15, 0.2) is 118 Å². The summed E-state index contributed by atoms with van der Waals surface area (Å²) < 4.78 is 11.3. The van der Waals surface area contributed by atoms with Gasteiger partial charge in [-0.1, -0.05) is 60.7 Å². The topological polar surface area (TPSA) is 52.1 Å². The van der Waals surface area contributed by atoms with Gasteiger partial charge in [-0.25, -0.2) is 9.97 Å². The van der Waals surface area contributed by atoms with Crippen molar-refractivity contribution in [2.75, 3.05) is 0 Å². The second-order valence-corrected chi connectivity index (χ2v) is 6.71. The van der Waals surface area contributed by atoms with Gasteiger partial charge < -0.3 is 8.83 Å². The molecule has 151 valence electrons. The molecule has 0 fully saturated rings. The van der Waals surface area contributed by atoms with E-state index in [2.05, 4.69) is 9.97 Å². The third kappa shape index (κ3) is 4.64. The van der Waals surface area contributed by atoms with Crippen LogP contribution in [-0.4, -0.2) is 9.97 Å². The van der Waals surface area contributed by atoms with Crippen molar-refractivity contribution in [2.45, 2.75) is 0 Å². The minimum absolute atomic E-state index is 0. The van der Waals surface area contributed by atoms with E-state index < -0.39 is 0 Å². The number of hydrogen-bond acceptors (Lipinski definition) is 4.